The number of halogens is 6. The van der Waals surface area contributed by atoms with Gasteiger partial charge in [0, 0.05) is 11.0 Å². The van der Waals surface area contributed by atoms with Gasteiger partial charge in [-0.1, -0.05) is 32.0 Å². The predicted molar refractivity (Wildman–Crippen MR) is 151 cm³/mol. The average molecular weight is 622 g/mol. The molecule has 1 fully saturated rings. The molecule has 1 aliphatic carbocycles. The van der Waals surface area contributed by atoms with Crippen molar-refractivity contribution in [3.05, 3.63) is 87.5 Å². The van der Waals surface area contributed by atoms with Crippen molar-refractivity contribution in [3.8, 4) is 16.9 Å². The van der Waals surface area contributed by atoms with Crippen LogP contribution in [0.2, 0.25) is 0 Å². The first-order valence-corrected chi connectivity index (χ1v) is 14.2. The highest BCUT2D eigenvalue weighted by atomic mass is 19.4. The minimum Gasteiger partial charge on any atom is -0.496 e. The number of rotatable bonds is 7. The van der Waals surface area contributed by atoms with Crippen LogP contribution in [-0.4, -0.2) is 35.9 Å². The van der Waals surface area contributed by atoms with Crippen LogP contribution in [0.15, 0.2) is 48.5 Å². The van der Waals surface area contributed by atoms with E-state index >= 15 is 0 Å². The molecule has 1 aliphatic heterocycles. The van der Waals surface area contributed by atoms with Gasteiger partial charge in [0.05, 0.1) is 37.4 Å². The summed E-state index contributed by atoms with van der Waals surface area (Å²) in [7, 11) is 1.54. The maximum atomic E-state index is 13.6. The van der Waals surface area contributed by atoms with E-state index in [4.69, 9.17) is 9.47 Å². The number of nitrogens with zero attached hydrogens (tertiary/aromatic N) is 1. The van der Waals surface area contributed by atoms with Gasteiger partial charge < -0.3 is 14.6 Å². The van der Waals surface area contributed by atoms with Crippen LogP contribution in [0, 0.1) is 0 Å². The zero-order chi connectivity index (χ0) is 32.2. The van der Waals surface area contributed by atoms with E-state index in [1.807, 2.05) is 38.1 Å². The van der Waals surface area contributed by atoms with E-state index in [0.29, 0.717) is 17.9 Å². The van der Waals surface area contributed by atoms with Crippen LogP contribution < -0.4 is 4.74 Å². The average Bonchev–Trinajstić information content (AvgIpc) is 3.54. The molecule has 0 saturated carbocycles. The molecule has 1 amide bonds. The molecule has 236 valence electrons. The Morgan fingerprint density at radius 2 is 1.50 bits per heavy atom. The van der Waals surface area contributed by atoms with E-state index < -0.39 is 47.1 Å². The molecule has 0 radical (unpaired) electrons. The number of fused-ring (bicyclic) bond motifs is 1. The number of amides is 1. The predicted octanol–water partition coefficient (Wildman–Crippen LogP) is 8.24. The number of aliphatic hydroxyl groups excluding tert-OH is 1. The number of cyclic esters (lactones) is 1. The molecular weight excluding hydrogens is 588 g/mol. The molecule has 3 aromatic carbocycles. The number of ether oxygens (including phenoxy) is 2. The van der Waals surface area contributed by atoms with Gasteiger partial charge in [-0.25, -0.2) is 4.79 Å². The van der Waals surface area contributed by atoms with Crippen LogP contribution in [0.4, 0.5) is 31.1 Å². The second-order valence-electron chi connectivity index (χ2n) is 12.1. The molecule has 44 heavy (non-hydrogen) atoms. The molecule has 2 atom stereocenters. The van der Waals surface area contributed by atoms with Crippen molar-refractivity contribution in [1.82, 2.24) is 4.90 Å². The fourth-order valence-electron chi connectivity index (χ4n) is 5.97. The van der Waals surface area contributed by atoms with Crippen LogP contribution in [0.5, 0.6) is 5.75 Å². The van der Waals surface area contributed by atoms with Crippen molar-refractivity contribution in [2.45, 2.75) is 76.5 Å². The topological polar surface area (TPSA) is 59.0 Å². The minimum atomic E-state index is -5.03. The SMILES string of the molecule is COc1ccc(C(C)(C)CO)cc1-c1cc2c(cc1CN1C(=O)O[C@H](c3cc(C(F)(F)F)cc(C(F)(F)F)c3)[C@@H]1C)CCC2. The molecule has 5 nitrogen and oxygen atoms in total. The zero-order valence-corrected chi connectivity index (χ0v) is 24.7. The largest absolute Gasteiger partial charge is 0.496 e. The van der Waals surface area contributed by atoms with Crippen LogP contribution in [-0.2, 0) is 41.9 Å². The van der Waals surface area contributed by atoms with Crippen LogP contribution in [0.25, 0.3) is 11.1 Å². The van der Waals surface area contributed by atoms with Gasteiger partial charge in [-0.05, 0) is 89.9 Å². The molecule has 3 aromatic rings. The van der Waals surface area contributed by atoms with E-state index in [9.17, 15) is 36.2 Å². The maximum Gasteiger partial charge on any atom is 0.416 e. The standard InChI is InChI=1S/C33H33F6NO4/c1-18-29(21-11-24(32(34,35)36)14-25(12-21)33(37,38)39)44-30(42)40(18)16-22-10-19-6-5-7-20(19)13-26(22)27-15-23(31(2,3)17-41)8-9-28(27)43-4/h8-15,18,29,41H,5-7,16-17H2,1-4H3/t18-,29-/m0/s1. The van der Waals surface area contributed by atoms with Crippen molar-refractivity contribution >= 4 is 6.09 Å². The first-order chi connectivity index (χ1) is 20.5. The van der Waals surface area contributed by atoms with Crippen molar-refractivity contribution < 1.29 is 45.7 Å². The van der Waals surface area contributed by atoms with E-state index in [0.717, 1.165) is 52.6 Å². The minimum absolute atomic E-state index is 0.000970. The fourth-order valence-corrected chi connectivity index (χ4v) is 5.97. The highest BCUT2D eigenvalue weighted by Crippen LogP contribution is 2.43. The number of carbonyl (C=O) groups excluding carboxylic acids is 1. The van der Waals surface area contributed by atoms with Gasteiger partial charge in [0.25, 0.3) is 0 Å². The molecule has 1 saturated heterocycles. The van der Waals surface area contributed by atoms with Gasteiger partial charge in [-0.2, -0.15) is 26.3 Å². The number of aliphatic hydroxyl groups is 1. The second kappa shape index (κ2) is 11.3. The quantitative estimate of drug-likeness (QED) is 0.270. The molecule has 0 spiro atoms. The first-order valence-electron chi connectivity index (χ1n) is 14.2. The third kappa shape index (κ3) is 5.98. The number of hydrogen-bond acceptors (Lipinski definition) is 4. The highest BCUT2D eigenvalue weighted by Gasteiger charge is 2.43. The Balaban J connectivity index is 1.56. The van der Waals surface area contributed by atoms with Gasteiger partial charge in [0.1, 0.15) is 11.9 Å². The van der Waals surface area contributed by atoms with Gasteiger partial charge in [0.2, 0.25) is 0 Å². The molecule has 11 heteroatoms. The number of methoxy groups -OCH3 is 1. The summed E-state index contributed by atoms with van der Waals surface area (Å²) in [5, 5.41) is 9.99. The Morgan fingerprint density at radius 1 is 0.886 bits per heavy atom. The smallest absolute Gasteiger partial charge is 0.416 e. The summed E-state index contributed by atoms with van der Waals surface area (Å²) in [6, 6.07) is 10.1. The van der Waals surface area contributed by atoms with Gasteiger partial charge >= 0.3 is 18.4 Å². The normalized spacial score (nSPS) is 18.9. The highest BCUT2D eigenvalue weighted by molar-refractivity contribution is 5.77. The summed E-state index contributed by atoms with van der Waals surface area (Å²) < 4.78 is 92.4. The molecule has 0 bridgehead atoms. The first kappa shape index (κ1) is 31.7. The van der Waals surface area contributed by atoms with E-state index in [1.165, 1.54) is 12.0 Å². The second-order valence-corrected chi connectivity index (χ2v) is 12.1. The number of aryl methyl sites for hydroxylation is 2. The van der Waals surface area contributed by atoms with Crippen molar-refractivity contribution in [3.63, 3.8) is 0 Å². The maximum absolute atomic E-state index is 13.6. The Labute approximate surface area is 251 Å². The fraction of sp³-hybridized carbons (Fsp3) is 0.424. The molecule has 0 unspecified atom stereocenters. The summed E-state index contributed by atoms with van der Waals surface area (Å²) in [4.78, 5) is 14.5. The lowest BCUT2D eigenvalue weighted by Crippen LogP contribution is -2.31. The lowest BCUT2D eigenvalue weighted by molar-refractivity contribution is -0.143. The van der Waals surface area contributed by atoms with E-state index in [2.05, 4.69) is 6.07 Å². The summed E-state index contributed by atoms with van der Waals surface area (Å²) in [5.74, 6) is 0.570. The van der Waals surface area contributed by atoms with Crippen molar-refractivity contribution in [1.29, 1.82) is 0 Å². The number of benzene rings is 3. The van der Waals surface area contributed by atoms with Crippen LogP contribution in [0.1, 0.15) is 72.2 Å². The van der Waals surface area contributed by atoms with Crippen LogP contribution >= 0.6 is 0 Å². The van der Waals surface area contributed by atoms with Crippen molar-refractivity contribution in [2.75, 3.05) is 13.7 Å². The zero-order valence-electron chi connectivity index (χ0n) is 24.7. The Kier molecular flexibility index (Phi) is 8.15. The Hall–Kier alpha value is -3.73. The summed E-state index contributed by atoms with van der Waals surface area (Å²) in [5.41, 5.74) is 1.48. The lowest BCUT2D eigenvalue weighted by atomic mass is 9.83. The molecule has 2 aliphatic rings. The Morgan fingerprint density at radius 3 is 2.07 bits per heavy atom. The van der Waals surface area contributed by atoms with Crippen molar-refractivity contribution in [2.24, 2.45) is 0 Å². The summed E-state index contributed by atoms with van der Waals surface area (Å²) in [6.07, 6.45) is -9.60. The Bertz CT molecular complexity index is 1550. The molecule has 0 aromatic heterocycles. The van der Waals surface area contributed by atoms with Gasteiger partial charge in [-0.3, -0.25) is 4.90 Å². The monoisotopic (exact) mass is 621 g/mol. The summed E-state index contributed by atoms with van der Waals surface area (Å²) in [6.45, 7) is 5.26. The van der Waals surface area contributed by atoms with E-state index in [1.54, 1.807) is 6.92 Å². The molecule has 5 rings (SSSR count). The molecular formula is C33H33F6NO4. The third-order valence-electron chi connectivity index (χ3n) is 8.66. The third-order valence-corrected chi connectivity index (χ3v) is 8.66. The number of alkyl halides is 6. The number of hydrogen-bond donors (Lipinski definition) is 1. The summed E-state index contributed by atoms with van der Waals surface area (Å²) >= 11 is 0. The molecule has 1 N–H and O–H groups in total. The van der Waals surface area contributed by atoms with Gasteiger partial charge in [0.15, 0.2) is 0 Å². The number of carbonyl (C=O) groups is 1. The van der Waals surface area contributed by atoms with Gasteiger partial charge in [-0.15, -0.1) is 0 Å². The molecule has 1 heterocycles. The lowest BCUT2D eigenvalue weighted by Gasteiger charge is -2.26. The van der Waals surface area contributed by atoms with E-state index in [-0.39, 0.29) is 24.8 Å². The van der Waals surface area contributed by atoms with Crippen LogP contribution in [0.3, 0.4) is 0 Å².